The molecule has 0 saturated heterocycles. The van der Waals surface area contributed by atoms with Crippen molar-refractivity contribution in [1.29, 1.82) is 0 Å². The zero-order valence-electron chi connectivity index (χ0n) is 22.1. The molecule has 5 rings (SSSR count). The lowest BCUT2D eigenvalue weighted by Gasteiger charge is -2.24. The summed E-state index contributed by atoms with van der Waals surface area (Å²) in [6.07, 6.45) is 1.77. The number of rotatable bonds is 7. The standard InChI is InChI=1S/C30H23Cl3N2O5S/c1-16-25(29(37)39-3)26(18-7-5-4-6-8-18)35-28(36)24(41-30(35)34-16)12-17-9-10-23(38-2)19(11-17)15-40-27-21(32)13-20(31)14-22(27)33/h4-14,26H,15H2,1-3H3/b24-12-/t26-/m0/s1. The van der Waals surface area contributed by atoms with Crippen LogP contribution in [0.4, 0.5) is 0 Å². The molecule has 0 fully saturated rings. The van der Waals surface area contributed by atoms with Crippen LogP contribution in [0.2, 0.25) is 15.1 Å². The highest BCUT2D eigenvalue weighted by Crippen LogP contribution is 2.37. The Morgan fingerprint density at radius 2 is 1.76 bits per heavy atom. The first kappa shape index (κ1) is 29.0. The first-order chi connectivity index (χ1) is 19.7. The minimum Gasteiger partial charge on any atom is -0.496 e. The number of nitrogens with zero attached hydrogens (tertiary/aromatic N) is 2. The maximum absolute atomic E-state index is 13.8. The molecule has 1 aliphatic heterocycles. The van der Waals surface area contributed by atoms with Crippen molar-refractivity contribution in [3.05, 3.63) is 123 Å². The highest BCUT2D eigenvalue weighted by Gasteiger charge is 2.32. The number of hydrogen-bond acceptors (Lipinski definition) is 7. The molecular weight excluding hydrogens is 607 g/mol. The second-order valence-electron chi connectivity index (χ2n) is 9.04. The van der Waals surface area contributed by atoms with Gasteiger partial charge in [0.2, 0.25) is 0 Å². The summed E-state index contributed by atoms with van der Waals surface area (Å²) in [5, 5.41) is 0.971. The molecule has 0 spiro atoms. The Labute approximate surface area is 254 Å². The van der Waals surface area contributed by atoms with E-state index in [-0.39, 0.29) is 22.2 Å². The van der Waals surface area contributed by atoms with Crippen molar-refractivity contribution in [2.45, 2.75) is 19.6 Å². The number of fused-ring (bicyclic) bond motifs is 1. The number of aromatic nitrogens is 1. The van der Waals surface area contributed by atoms with Crippen LogP contribution in [0, 0.1) is 0 Å². The molecule has 1 atom stereocenters. The fraction of sp³-hybridized carbons (Fsp3) is 0.167. The van der Waals surface area contributed by atoms with E-state index in [1.165, 1.54) is 18.4 Å². The Morgan fingerprint density at radius 1 is 1.05 bits per heavy atom. The summed E-state index contributed by atoms with van der Waals surface area (Å²) in [6.45, 7) is 1.84. The fourth-order valence-electron chi connectivity index (χ4n) is 4.61. The molecule has 7 nitrogen and oxygen atoms in total. The average Bonchev–Trinajstić information content (AvgIpc) is 3.25. The van der Waals surface area contributed by atoms with E-state index in [0.29, 0.717) is 42.7 Å². The van der Waals surface area contributed by atoms with Gasteiger partial charge in [-0.3, -0.25) is 9.36 Å². The lowest BCUT2D eigenvalue weighted by atomic mass is 9.96. The molecule has 11 heteroatoms. The molecule has 3 aromatic carbocycles. The van der Waals surface area contributed by atoms with E-state index in [4.69, 9.17) is 49.0 Å². The molecule has 4 aromatic rings. The molecule has 0 aliphatic carbocycles. The quantitative estimate of drug-likeness (QED) is 0.236. The number of methoxy groups -OCH3 is 2. The minimum atomic E-state index is -0.671. The SMILES string of the molecule is COC(=O)C1=C(C)N=c2s/c(=C\c3ccc(OC)c(COc4c(Cl)cc(Cl)cc4Cl)c3)c(=O)n2[C@H]1c1ccccc1. The number of benzene rings is 3. The third kappa shape index (κ3) is 5.78. The van der Waals surface area contributed by atoms with E-state index in [1.807, 2.05) is 42.5 Å². The summed E-state index contributed by atoms with van der Waals surface area (Å²) in [5.74, 6) is 0.360. The van der Waals surface area contributed by atoms with Crippen LogP contribution in [0.3, 0.4) is 0 Å². The number of hydrogen-bond donors (Lipinski definition) is 0. The number of halogens is 3. The molecule has 41 heavy (non-hydrogen) atoms. The third-order valence-electron chi connectivity index (χ3n) is 6.48. The average molecular weight is 630 g/mol. The predicted molar refractivity (Wildman–Crippen MR) is 161 cm³/mol. The molecule has 0 saturated carbocycles. The smallest absolute Gasteiger partial charge is 0.338 e. The highest BCUT2D eigenvalue weighted by atomic mass is 35.5. The van der Waals surface area contributed by atoms with Crippen LogP contribution in [-0.4, -0.2) is 24.8 Å². The summed E-state index contributed by atoms with van der Waals surface area (Å²) in [6, 6.07) is 17.3. The van der Waals surface area contributed by atoms with Gasteiger partial charge in [-0.05, 0) is 48.4 Å². The van der Waals surface area contributed by atoms with Crippen molar-refractivity contribution in [3.63, 3.8) is 0 Å². The van der Waals surface area contributed by atoms with Crippen LogP contribution >= 0.6 is 46.1 Å². The first-order valence-corrected chi connectivity index (χ1v) is 14.3. The van der Waals surface area contributed by atoms with Crippen molar-refractivity contribution in [1.82, 2.24) is 4.57 Å². The Hall–Kier alpha value is -3.56. The Bertz CT molecular complexity index is 1840. The van der Waals surface area contributed by atoms with Gasteiger partial charge in [0.15, 0.2) is 10.6 Å². The van der Waals surface area contributed by atoms with Crippen molar-refractivity contribution in [2.24, 2.45) is 4.99 Å². The zero-order valence-corrected chi connectivity index (χ0v) is 25.2. The van der Waals surface area contributed by atoms with Gasteiger partial charge in [0, 0.05) is 10.6 Å². The number of carbonyl (C=O) groups is 1. The Kier molecular flexibility index (Phi) is 8.56. The summed E-state index contributed by atoms with van der Waals surface area (Å²) in [5.41, 5.74) is 2.77. The van der Waals surface area contributed by atoms with Crippen LogP contribution in [-0.2, 0) is 16.1 Å². The van der Waals surface area contributed by atoms with Crippen LogP contribution < -0.4 is 24.4 Å². The van der Waals surface area contributed by atoms with E-state index in [0.717, 1.165) is 11.1 Å². The van der Waals surface area contributed by atoms with Crippen LogP contribution in [0.1, 0.15) is 29.7 Å². The fourth-order valence-corrected chi connectivity index (χ4v) is 6.59. The highest BCUT2D eigenvalue weighted by molar-refractivity contribution is 7.07. The molecule has 210 valence electrons. The van der Waals surface area contributed by atoms with E-state index < -0.39 is 12.0 Å². The normalized spacial score (nSPS) is 14.9. The molecule has 0 radical (unpaired) electrons. The van der Waals surface area contributed by atoms with E-state index >= 15 is 0 Å². The van der Waals surface area contributed by atoms with Crippen molar-refractivity contribution in [2.75, 3.05) is 14.2 Å². The molecule has 2 heterocycles. The number of allylic oxidation sites excluding steroid dienone is 1. The molecule has 0 N–H and O–H groups in total. The summed E-state index contributed by atoms with van der Waals surface area (Å²) < 4.78 is 18.5. The van der Waals surface area contributed by atoms with Gasteiger partial charge >= 0.3 is 5.97 Å². The summed E-state index contributed by atoms with van der Waals surface area (Å²) in [7, 11) is 2.87. The summed E-state index contributed by atoms with van der Waals surface area (Å²) in [4.78, 5) is 31.7. The molecule has 1 aromatic heterocycles. The van der Waals surface area contributed by atoms with Crippen LogP contribution in [0.5, 0.6) is 11.5 Å². The number of thiazole rings is 1. The van der Waals surface area contributed by atoms with Crippen molar-refractivity contribution >= 4 is 58.2 Å². The van der Waals surface area contributed by atoms with Gasteiger partial charge < -0.3 is 14.2 Å². The van der Waals surface area contributed by atoms with Crippen LogP contribution in [0.15, 0.2) is 81.7 Å². The second kappa shape index (κ2) is 12.1. The van der Waals surface area contributed by atoms with Crippen molar-refractivity contribution < 1.29 is 19.0 Å². The lowest BCUT2D eigenvalue weighted by Crippen LogP contribution is -2.39. The summed E-state index contributed by atoms with van der Waals surface area (Å²) >= 11 is 19.8. The van der Waals surface area contributed by atoms with E-state index in [9.17, 15) is 9.59 Å². The topological polar surface area (TPSA) is 79.1 Å². The van der Waals surface area contributed by atoms with Gasteiger partial charge in [0.25, 0.3) is 5.56 Å². The molecule has 1 aliphatic rings. The van der Waals surface area contributed by atoms with Gasteiger partial charge in [0.05, 0.1) is 46.1 Å². The lowest BCUT2D eigenvalue weighted by molar-refractivity contribution is -0.136. The number of ether oxygens (including phenoxy) is 3. The Balaban J connectivity index is 1.57. The molecular formula is C30H23Cl3N2O5S. The van der Waals surface area contributed by atoms with Gasteiger partial charge in [-0.2, -0.15) is 0 Å². The van der Waals surface area contributed by atoms with Gasteiger partial charge in [-0.25, -0.2) is 9.79 Å². The maximum atomic E-state index is 13.8. The number of carbonyl (C=O) groups excluding carboxylic acids is 1. The third-order valence-corrected chi connectivity index (χ3v) is 8.24. The largest absolute Gasteiger partial charge is 0.496 e. The second-order valence-corrected chi connectivity index (χ2v) is 11.3. The van der Waals surface area contributed by atoms with Gasteiger partial charge in [-0.15, -0.1) is 0 Å². The van der Waals surface area contributed by atoms with Gasteiger partial charge in [0.1, 0.15) is 12.4 Å². The van der Waals surface area contributed by atoms with Crippen molar-refractivity contribution in [3.8, 4) is 11.5 Å². The monoisotopic (exact) mass is 628 g/mol. The zero-order chi connectivity index (χ0) is 29.3. The van der Waals surface area contributed by atoms with Gasteiger partial charge in [-0.1, -0.05) is 82.5 Å². The molecule has 0 amide bonds. The number of esters is 1. The maximum Gasteiger partial charge on any atom is 0.338 e. The predicted octanol–water partition coefficient (Wildman–Crippen LogP) is 5.96. The first-order valence-electron chi connectivity index (χ1n) is 12.3. The molecule has 0 unspecified atom stereocenters. The van der Waals surface area contributed by atoms with E-state index in [1.54, 1.807) is 42.9 Å². The minimum absolute atomic E-state index is 0.100. The Morgan fingerprint density at radius 3 is 2.41 bits per heavy atom. The molecule has 0 bridgehead atoms. The van der Waals surface area contributed by atoms with Crippen LogP contribution in [0.25, 0.3) is 6.08 Å². The van der Waals surface area contributed by atoms with E-state index in [2.05, 4.69) is 4.99 Å².